The molecule has 0 spiro atoms. The van der Waals surface area contributed by atoms with Crippen molar-refractivity contribution in [2.24, 2.45) is 0 Å². The van der Waals surface area contributed by atoms with E-state index < -0.39 is 0 Å². The van der Waals surface area contributed by atoms with Crippen LogP contribution in [0, 0.1) is 10.5 Å². The van der Waals surface area contributed by atoms with E-state index in [1.54, 1.807) is 0 Å². The predicted octanol–water partition coefficient (Wildman–Crippen LogP) is 5.65. The second kappa shape index (κ2) is 8.30. The molecule has 2 rings (SSSR count). The van der Waals surface area contributed by atoms with Crippen molar-refractivity contribution in [1.29, 1.82) is 0 Å². The van der Waals surface area contributed by atoms with Gasteiger partial charge >= 0.3 is 0 Å². The van der Waals surface area contributed by atoms with E-state index in [1.165, 1.54) is 24.7 Å². The van der Waals surface area contributed by atoms with Gasteiger partial charge in [0.25, 0.3) is 0 Å². The molecule has 0 aliphatic rings. The summed E-state index contributed by atoms with van der Waals surface area (Å²) in [5.41, 5.74) is 4.00. The summed E-state index contributed by atoms with van der Waals surface area (Å²) < 4.78 is 2.48. The van der Waals surface area contributed by atoms with Gasteiger partial charge in [0, 0.05) is 14.1 Å². The fourth-order valence-electron chi connectivity index (χ4n) is 2.38. The number of aryl methyl sites for hydroxylation is 1. The van der Waals surface area contributed by atoms with Gasteiger partial charge < -0.3 is 5.32 Å². The molecule has 1 nitrogen and oxygen atoms in total. The minimum absolute atomic E-state index is 0.347. The lowest BCUT2D eigenvalue weighted by Crippen LogP contribution is -2.24. The van der Waals surface area contributed by atoms with Crippen molar-refractivity contribution < 1.29 is 0 Å². The number of nitrogens with one attached hydrogen (secondary N) is 1. The van der Waals surface area contributed by atoms with Crippen LogP contribution in [0.4, 0.5) is 0 Å². The van der Waals surface area contributed by atoms with Crippen LogP contribution in [-0.4, -0.2) is 6.54 Å². The second-order valence-electron chi connectivity index (χ2n) is 5.36. The Morgan fingerprint density at radius 2 is 1.86 bits per heavy atom. The van der Waals surface area contributed by atoms with Crippen LogP contribution >= 0.6 is 38.5 Å². The molecular formula is C18H21BrIN. The van der Waals surface area contributed by atoms with Gasteiger partial charge in [0.2, 0.25) is 0 Å². The molecule has 3 heteroatoms. The fraction of sp³-hybridized carbons (Fsp3) is 0.333. The number of halogens is 2. The quantitative estimate of drug-likeness (QED) is 0.553. The van der Waals surface area contributed by atoms with E-state index >= 15 is 0 Å². The normalized spacial score (nSPS) is 12.4. The highest BCUT2D eigenvalue weighted by atomic mass is 127. The average Bonchev–Trinajstić information content (AvgIpc) is 2.46. The molecule has 0 aliphatic heterocycles. The van der Waals surface area contributed by atoms with Gasteiger partial charge in [0.05, 0.1) is 0 Å². The molecule has 0 aromatic heterocycles. The average molecular weight is 458 g/mol. The van der Waals surface area contributed by atoms with Gasteiger partial charge in [-0.05, 0) is 83.8 Å². The zero-order valence-electron chi connectivity index (χ0n) is 12.5. The van der Waals surface area contributed by atoms with Crippen molar-refractivity contribution in [1.82, 2.24) is 5.32 Å². The van der Waals surface area contributed by atoms with Crippen LogP contribution in [0.15, 0.2) is 46.9 Å². The molecule has 1 N–H and O–H groups in total. The Kier molecular flexibility index (Phi) is 6.71. The van der Waals surface area contributed by atoms with E-state index in [2.05, 4.69) is 100 Å². The van der Waals surface area contributed by atoms with Crippen molar-refractivity contribution >= 4 is 38.5 Å². The molecule has 0 saturated carbocycles. The maximum atomic E-state index is 3.72. The van der Waals surface area contributed by atoms with Gasteiger partial charge in [-0.15, -0.1) is 0 Å². The third kappa shape index (κ3) is 5.08. The highest BCUT2D eigenvalue weighted by molar-refractivity contribution is 14.1. The molecule has 1 atom stereocenters. The Morgan fingerprint density at radius 1 is 1.14 bits per heavy atom. The molecule has 0 radical (unpaired) electrons. The third-order valence-corrected chi connectivity index (χ3v) is 4.93. The first kappa shape index (κ1) is 17.0. The molecular weight excluding hydrogens is 437 g/mol. The molecule has 2 aromatic rings. The van der Waals surface area contributed by atoms with Gasteiger partial charge in [-0.25, -0.2) is 0 Å². The highest BCUT2D eigenvalue weighted by Gasteiger charge is 2.14. The monoisotopic (exact) mass is 457 g/mol. The summed E-state index contributed by atoms with van der Waals surface area (Å²) in [5.74, 6) is 0. The summed E-state index contributed by atoms with van der Waals surface area (Å²) in [5, 5.41) is 3.68. The first-order valence-electron chi connectivity index (χ1n) is 7.34. The van der Waals surface area contributed by atoms with Crippen molar-refractivity contribution in [3.63, 3.8) is 0 Å². The molecule has 112 valence electrons. The molecule has 0 amide bonds. The summed E-state index contributed by atoms with van der Waals surface area (Å²) in [4.78, 5) is 0. The van der Waals surface area contributed by atoms with Crippen LogP contribution in [0.3, 0.4) is 0 Å². The molecule has 21 heavy (non-hydrogen) atoms. The Hall–Kier alpha value is -0.390. The van der Waals surface area contributed by atoms with Crippen molar-refractivity contribution in [2.75, 3.05) is 6.54 Å². The Balaban J connectivity index is 2.22. The molecule has 0 bridgehead atoms. The zero-order chi connectivity index (χ0) is 15.2. The number of hydrogen-bond acceptors (Lipinski definition) is 1. The minimum Gasteiger partial charge on any atom is -0.310 e. The summed E-state index contributed by atoms with van der Waals surface area (Å²) in [7, 11) is 0. The number of hydrogen-bond donors (Lipinski definition) is 1. The summed E-state index contributed by atoms with van der Waals surface area (Å²) in [6, 6.07) is 15.8. The zero-order valence-corrected chi connectivity index (χ0v) is 16.2. The summed E-state index contributed by atoms with van der Waals surface area (Å²) in [6.07, 6.45) is 2.16. The van der Waals surface area contributed by atoms with E-state index in [0.717, 1.165) is 19.4 Å². The Bertz CT molecular complexity index is 580. The van der Waals surface area contributed by atoms with Crippen molar-refractivity contribution in [3.8, 4) is 0 Å². The second-order valence-corrected chi connectivity index (χ2v) is 7.46. The Labute approximate surface area is 149 Å². The van der Waals surface area contributed by atoms with Crippen LogP contribution in [0.2, 0.25) is 0 Å². The van der Waals surface area contributed by atoms with Crippen LogP contribution < -0.4 is 5.32 Å². The van der Waals surface area contributed by atoms with Gasteiger partial charge in [0.1, 0.15) is 0 Å². The van der Waals surface area contributed by atoms with Gasteiger partial charge in [-0.2, -0.15) is 0 Å². The van der Waals surface area contributed by atoms with Crippen LogP contribution in [0.25, 0.3) is 0 Å². The van der Waals surface area contributed by atoms with E-state index in [1.807, 2.05) is 0 Å². The molecule has 2 aromatic carbocycles. The lowest BCUT2D eigenvalue weighted by Gasteiger charge is -2.21. The summed E-state index contributed by atoms with van der Waals surface area (Å²) >= 11 is 6.07. The first-order chi connectivity index (χ1) is 10.1. The lowest BCUT2D eigenvalue weighted by molar-refractivity contribution is 0.527. The van der Waals surface area contributed by atoms with Crippen LogP contribution in [0.1, 0.15) is 36.1 Å². The topological polar surface area (TPSA) is 12.0 Å². The Morgan fingerprint density at radius 3 is 2.48 bits per heavy atom. The number of benzene rings is 2. The fourth-order valence-corrected chi connectivity index (χ4v) is 3.51. The first-order valence-corrected chi connectivity index (χ1v) is 9.21. The van der Waals surface area contributed by atoms with E-state index in [-0.39, 0.29) is 0 Å². The minimum atomic E-state index is 0.347. The molecule has 0 aliphatic carbocycles. The summed E-state index contributed by atoms with van der Waals surface area (Å²) in [6.45, 7) is 5.37. The van der Waals surface area contributed by atoms with Gasteiger partial charge in [-0.1, -0.05) is 47.1 Å². The van der Waals surface area contributed by atoms with Crippen molar-refractivity contribution in [3.05, 3.63) is 67.2 Å². The maximum absolute atomic E-state index is 3.72. The smallest absolute Gasteiger partial charge is 0.0372 e. The molecule has 0 fully saturated rings. The number of rotatable bonds is 6. The standard InChI is InChI=1S/C18H21BrIN/c1-3-10-21-18(12-14-5-7-15(20)8-6-14)16-9-4-13(2)11-17(16)19/h4-9,11,18,21H,3,10,12H2,1-2H3. The molecule has 0 heterocycles. The maximum Gasteiger partial charge on any atom is 0.0372 e. The van der Waals surface area contributed by atoms with Crippen LogP contribution in [-0.2, 0) is 6.42 Å². The molecule has 0 saturated heterocycles. The largest absolute Gasteiger partial charge is 0.310 e. The highest BCUT2D eigenvalue weighted by Crippen LogP contribution is 2.27. The van der Waals surface area contributed by atoms with Gasteiger partial charge in [-0.3, -0.25) is 0 Å². The van der Waals surface area contributed by atoms with Gasteiger partial charge in [0.15, 0.2) is 0 Å². The van der Waals surface area contributed by atoms with E-state index in [9.17, 15) is 0 Å². The van der Waals surface area contributed by atoms with E-state index in [4.69, 9.17) is 0 Å². The van der Waals surface area contributed by atoms with E-state index in [0.29, 0.717) is 6.04 Å². The third-order valence-electron chi connectivity index (χ3n) is 3.53. The van der Waals surface area contributed by atoms with Crippen molar-refractivity contribution in [2.45, 2.75) is 32.7 Å². The SMILES string of the molecule is CCCNC(Cc1ccc(I)cc1)c1ccc(C)cc1Br. The van der Waals surface area contributed by atoms with Crippen LogP contribution in [0.5, 0.6) is 0 Å². The molecule has 1 unspecified atom stereocenters. The predicted molar refractivity (Wildman–Crippen MR) is 103 cm³/mol. The lowest BCUT2D eigenvalue weighted by atomic mass is 9.98.